The molecule has 0 saturated carbocycles. The summed E-state index contributed by atoms with van der Waals surface area (Å²) in [4.78, 5) is 17.6. The van der Waals surface area contributed by atoms with Gasteiger partial charge in [0.25, 0.3) is 0 Å². The highest BCUT2D eigenvalue weighted by Gasteiger charge is 2.17. The van der Waals surface area contributed by atoms with E-state index in [2.05, 4.69) is 9.97 Å². The molecule has 0 aliphatic rings. The van der Waals surface area contributed by atoms with Crippen LogP contribution in [0.2, 0.25) is 5.28 Å². The lowest BCUT2D eigenvalue weighted by atomic mass is 10.5. The molecule has 0 spiro atoms. The summed E-state index contributed by atoms with van der Waals surface area (Å²) in [6.07, 6.45) is 2.64. The number of hydrogen-bond donors (Lipinski definition) is 0. The molecule has 8 heteroatoms. The Morgan fingerprint density at radius 2 is 2.41 bits per heavy atom. The van der Waals surface area contributed by atoms with Crippen LogP contribution in [0.1, 0.15) is 5.76 Å². The molecule has 0 aliphatic carbocycles. The summed E-state index contributed by atoms with van der Waals surface area (Å²) in [5.74, 6) is 1.15. The van der Waals surface area contributed by atoms with E-state index in [1.54, 1.807) is 12.1 Å². The maximum Gasteiger partial charge on any atom is 0.319 e. The van der Waals surface area contributed by atoms with Gasteiger partial charge in [0.05, 0.1) is 16.9 Å². The summed E-state index contributed by atoms with van der Waals surface area (Å²) in [6, 6.07) is 3.53. The third-order valence-corrected chi connectivity index (χ3v) is 3.02. The van der Waals surface area contributed by atoms with Crippen molar-refractivity contribution < 1.29 is 9.34 Å². The van der Waals surface area contributed by atoms with E-state index in [9.17, 15) is 10.1 Å². The molecule has 0 bridgehead atoms. The fourth-order valence-corrected chi connectivity index (χ4v) is 2.16. The van der Waals surface area contributed by atoms with Gasteiger partial charge in [-0.3, -0.25) is 10.1 Å². The molecule has 0 aromatic carbocycles. The monoisotopic (exact) mass is 271 g/mol. The van der Waals surface area contributed by atoms with Gasteiger partial charge in [0, 0.05) is 0 Å². The normalized spacial score (nSPS) is 10.4. The summed E-state index contributed by atoms with van der Waals surface area (Å²) >= 11 is 6.78. The predicted molar refractivity (Wildman–Crippen MR) is 62.0 cm³/mol. The fraction of sp³-hybridized carbons (Fsp3) is 0.111. The third-order valence-electron chi connectivity index (χ3n) is 1.83. The standard InChI is InChI=1S/C9H6ClN3O3S/c10-9-11-4-7(13(14)15)8(12-9)17-5-6-2-1-3-16-6/h1-4H,5H2. The summed E-state index contributed by atoms with van der Waals surface area (Å²) < 4.78 is 5.12. The molecule has 88 valence electrons. The Kier molecular flexibility index (Phi) is 3.60. The largest absolute Gasteiger partial charge is 0.468 e. The summed E-state index contributed by atoms with van der Waals surface area (Å²) in [7, 11) is 0. The Labute approximate surface area is 105 Å². The second-order valence-electron chi connectivity index (χ2n) is 2.95. The topological polar surface area (TPSA) is 82.1 Å². The van der Waals surface area contributed by atoms with E-state index in [0.717, 1.165) is 6.20 Å². The average molecular weight is 272 g/mol. The smallest absolute Gasteiger partial charge is 0.319 e. The minimum Gasteiger partial charge on any atom is -0.468 e. The maximum absolute atomic E-state index is 10.7. The molecule has 0 radical (unpaired) electrons. The summed E-state index contributed by atoms with van der Waals surface area (Å²) in [6.45, 7) is 0. The van der Waals surface area contributed by atoms with Gasteiger partial charge in [-0.15, -0.1) is 0 Å². The number of nitrogens with zero attached hydrogens (tertiary/aromatic N) is 3. The molecule has 0 unspecified atom stereocenters. The quantitative estimate of drug-likeness (QED) is 0.279. The molecule has 17 heavy (non-hydrogen) atoms. The van der Waals surface area contributed by atoms with Crippen LogP contribution in [0, 0.1) is 10.1 Å². The van der Waals surface area contributed by atoms with Crippen LogP contribution < -0.4 is 0 Å². The first-order valence-corrected chi connectivity index (χ1v) is 5.85. The number of rotatable bonds is 4. The van der Waals surface area contributed by atoms with Crippen molar-refractivity contribution in [3.05, 3.63) is 45.8 Å². The lowest BCUT2D eigenvalue weighted by molar-refractivity contribution is -0.388. The molecule has 2 heterocycles. The molecule has 2 rings (SSSR count). The number of hydrogen-bond acceptors (Lipinski definition) is 6. The first-order valence-electron chi connectivity index (χ1n) is 4.49. The summed E-state index contributed by atoms with van der Waals surface area (Å²) in [5.41, 5.74) is -0.161. The Balaban J connectivity index is 2.19. The molecule has 0 amide bonds. The lowest BCUT2D eigenvalue weighted by Gasteiger charge is -2.00. The summed E-state index contributed by atoms with van der Waals surface area (Å²) in [5, 5.41) is 11.0. The predicted octanol–water partition coefficient (Wildman–Crippen LogP) is 2.92. The Morgan fingerprint density at radius 1 is 1.59 bits per heavy atom. The molecule has 0 atom stereocenters. The van der Waals surface area contributed by atoms with Crippen molar-refractivity contribution in [1.29, 1.82) is 0 Å². The van der Waals surface area contributed by atoms with Crippen molar-refractivity contribution in [2.24, 2.45) is 0 Å². The average Bonchev–Trinajstić information content (AvgIpc) is 2.78. The third kappa shape index (κ3) is 2.95. The molecule has 0 N–H and O–H groups in total. The minimum atomic E-state index is -0.541. The highest BCUT2D eigenvalue weighted by atomic mass is 35.5. The zero-order valence-electron chi connectivity index (χ0n) is 8.37. The number of furan rings is 1. The molecule has 0 fully saturated rings. The molecular formula is C9H6ClN3O3S. The van der Waals surface area contributed by atoms with E-state index in [-0.39, 0.29) is 16.0 Å². The van der Waals surface area contributed by atoms with Crippen LogP contribution in [0.3, 0.4) is 0 Å². The molecular weight excluding hydrogens is 266 g/mol. The Hall–Kier alpha value is -1.60. The number of thioether (sulfide) groups is 1. The van der Waals surface area contributed by atoms with Gasteiger partial charge in [0.1, 0.15) is 12.0 Å². The first-order chi connectivity index (χ1) is 8.16. The van der Waals surface area contributed by atoms with Crippen LogP contribution in [0.15, 0.2) is 34.0 Å². The van der Waals surface area contributed by atoms with E-state index < -0.39 is 4.92 Å². The Morgan fingerprint density at radius 3 is 3.06 bits per heavy atom. The van der Waals surface area contributed by atoms with Crippen LogP contribution in [0.4, 0.5) is 5.69 Å². The SMILES string of the molecule is O=[N+]([O-])c1cnc(Cl)nc1SCc1ccco1. The van der Waals surface area contributed by atoms with Gasteiger partial charge in [0.15, 0.2) is 5.03 Å². The van der Waals surface area contributed by atoms with Crippen molar-refractivity contribution in [1.82, 2.24) is 9.97 Å². The van der Waals surface area contributed by atoms with Crippen LogP contribution in [0.5, 0.6) is 0 Å². The van der Waals surface area contributed by atoms with E-state index in [1.807, 2.05) is 0 Å². The zero-order chi connectivity index (χ0) is 12.3. The van der Waals surface area contributed by atoms with Gasteiger partial charge < -0.3 is 4.42 Å². The van der Waals surface area contributed by atoms with Crippen LogP contribution >= 0.6 is 23.4 Å². The van der Waals surface area contributed by atoms with Crippen molar-refractivity contribution in [2.45, 2.75) is 10.8 Å². The number of aromatic nitrogens is 2. The van der Waals surface area contributed by atoms with Gasteiger partial charge in [-0.2, -0.15) is 0 Å². The zero-order valence-corrected chi connectivity index (χ0v) is 9.94. The highest BCUT2D eigenvalue weighted by Crippen LogP contribution is 2.29. The minimum absolute atomic E-state index is 0.0162. The van der Waals surface area contributed by atoms with Crippen LogP contribution in [0.25, 0.3) is 0 Å². The van der Waals surface area contributed by atoms with Crippen molar-refractivity contribution in [3.8, 4) is 0 Å². The maximum atomic E-state index is 10.7. The molecule has 2 aromatic rings. The van der Waals surface area contributed by atoms with Crippen molar-refractivity contribution in [3.63, 3.8) is 0 Å². The van der Waals surface area contributed by atoms with Crippen molar-refractivity contribution in [2.75, 3.05) is 0 Å². The first kappa shape index (κ1) is 11.9. The van der Waals surface area contributed by atoms with Crippen molar-refractivity contribution >= 4 is 29.1 Å². The van der Waals surface area contributed by atoms with Gasteiger partial charge in [-0.05, 0) is 23.7 Å². The van der Waals surface area contributed by atoms with E-state index in [4.69, 9.17) is 16.0 Å². The molecule has 0 aliphatic heterocycles. The second-order valence-corrected chi connectivity index (χ2v) is 4.26. The van der Waals surface area contributed by atoms with E-state index >= 15 is 0 Å². The van der Waals surface area contributed by atoms with Gasteiger partial charge in [-0.25, -0.2) is 9.97 Å². The van der Waals surface area contributed by atoms with Crippen LogP contribution in [-0.4, -0.2) is 14.9 Å². The molecule has 2 aromatic heterocycles. The van der Waals surface area contributed by atoms with E-state index in [1.165, 1.54) is 18.0 Å². The number of halogens is 1. The fourth-order valence-electron chi connectivity index (χ4n) is 1.11. The molecule has 0 saturated heterocycles. The Bertz CT molecular complexity index is 532. The second kappa shape index (κ2) is 5.15. The molecule has 6 nitrogen and oxygen atoms in total. The number of nitro groups is 1. The highest BCUT2D eigenvalue weighted by molar-refractivity contribution is 7.98. The lowest BCUT2D eigenvalue weighted by Crippen LogP contribution is -1.96. The van der Waals surface area contributed by atoms with Gasteiger partial charge in [0.2, 0.25) is 5.28 Å². The van der Waals surface area contributed by atoms with Gasteiger partial charge in [-0.1, -0.05) is 11.8 Å². The van der Waals surface area contributed by atoms with Crippen LogP contribution in [-0.2, 0) is 5.75 Å². The van der Waals surface area contributed by atoms with Gasteiger partial charge >= 0.3 is 5.69 Å². The van der Waals surface area contributed by atoms with E-state index in [0.29, 0.717) is 11.5 Å².